The van der Waals surface area contributed by atoms with E-state index >= 15 is 0 Å². The van der Waals surface area contributed by atoms with Gasteiger partial charge >= 0.3 is 0 Å². The minimum Gasteiger partial charge on any atom is -0.493 e. The average Bonchev–Trinajstić information content (AvgIpc) is 2.90. The Balaban J connectivity index is 1.68. The third kappa shape index (κ3) is 3.47. The monoisotopic (exact) mass is 346 g/mol. The van der Waals surface area contributed by atoms with E-state index in [-0.39, 0.29) is 12.5 Å². The predicted octanol–water partition coefficient (Wildman–Crippen LogP) is 4.17. The molecule has 0 spiro atoms. The number of rotatable bonds is 5. The molecule has 110 valence electrons. The first kappa shape index (κ1) is 14.6. The fourth-order valence-corrected chi connectivity index (χ4v) is 3.49. The van der Waals surface area contributed by atoms with Gasteiger partial charge in [-0.15, -0.1) is 0 Å². The lowest BCUT2D eigenvalue weighted by molar-refractivity contribution is 0.203. The van der Waals surface area contributed by atoms with Gasteiger partial charge in [-0.2, -0.15) is 0 Å². The third-order valence-corrected chi connectivity index (χ3v) is 4.58. The van der Waals surface area contributed by atoms with Gasteiger partial charge in [-0.3, -0.25) is 0 Å². The Labute approximate surface area is 133 Å². The molecule has 2 aromatic carbocycles. The van der Waals surface area contributed by atoms with Crippen molar-refractivity contribution >= 4 is 15.9 Å². The Morgan fingerprint density at radius 1 is 1.19 bits per heavy atom. The van der Waals surface area contributed by atoms with Crippen LogP contribution in [0.1, 0.15) is 23.5 Å². The summed E-state index contributed by atoms with van der Waals surface area (Å²) in [5.74, 6) is 1.66. The number of aliphatic hydroxyl groups excluding tert-OH is 1. The molecule has 2 atom stereocenters. The van der Waals surface area contributed by atoms with Gasteiger partial charge in [0.05, 0.1) is 6.61 Å². The molecule has 1 heterocycles. The highest BCUT2D eigenvalue weighted by Gasteiger charge is 2.26. The molecule has 3 heteroatoms. The Hall–Kier alpha value is -1.32. The molecule has 3 rings (SSSR count). The molecule has 0 saturated heterocycles. The van der Waals surface area contributed by atoms with Gasteiger partial charge < -0.3 is 9.84 Å². The standard InChI is InChI=1S/C18H19BrO2/c19-16-5-3-4-13(10-16)8-14(11-20)9-15-12-21-18-7-2-1-6-17(15)18/h1-7,10,14-15,20H,8-9,11-12H2. The van der Waals surface area contributed by atoms with Crippen molar-refractivity contribution in [2.45, 2.75) is 18.8 Å². The van der Waals surface area contributed by atoms with Gasteiger partial charge in [0.1, 0.15) is 5.75 Å². The summed E-state index contributed by atoms with van der Waals surface area (Å²) in [5.41, 5.74) is 2.54. The quantitative estimate of drug-likeness (QED) is 0.880. The zero-order chi connectivity index (χ0) is 14.7. The molecule has 0 saturated carbocycles. The lowest BCUT2D eigenvalue weighted by Gasteiger charge is -2.18. The molecule has 1 aliphatic rings. The molecule has 0 fully saturated rings. The van der Waals surface area contributed by atoms with Crippen LogP contribution in [-0.2, 0) is 6.42 Å². The molecule has 1 N–H and O–H groups in total. The Morgan fingerprint density at radius 2 is 2.05 bits per heavy atom. The van der Waals surface area contributed by atoms with Gasteiger partial charge in [0.25, 0.3) is 0 Å². The minimum absolute atomic E-state index is 0.213. The summed E-state index contributed by atoms with van der Waals surface area (Å²) < 4.78 is 6.83. The van der Waals surface area contributed by atoms with Crippen molar-refractivity contribution < 1.29 is 9.84 Å². The summed E-state index contributed by atoms with van der Waals surface area (Å²) in [6.45, 7) is 0.944. The van der Waals surface area contributed by atoms with Crippen LogP contribution in [0.25, 0.3) is 0 Å². The number of hydrogen-bond donors (Lipinski definition) is 1. The molecule has 21 heavy (non-hydrogen) atoms. The highest BCUT2D eigenvalue weighted by Crippen LogP contribution is 2.37. The number of para-hydroxylation sites is 1. The van der Waals surface area contributed by atoms with Crippen molar-refractivity contribution in [3.8, 4) is 5.75 Å². The summed E-state index contributed by atoms with van der Waals surface area (Å²) in [6.07, 6.45) is 1.86. The van der Waals surface area contributed by atoms with Gasteiger partial charge in [-0.25, -0.2) is 0 Å². The van der Waals surface area contributed by atoms with E-state index in [1.807, 2.05) is 24.3 Å². The van der Waals surface area contributed by atoms with Crippen LogP contribution in [-0.4, -0.2) is 18.3 Å². The van der Waals surface area contributed by atoms with E-state index in [0.29, 0.717) is 5.92 Å². The molecule has 0 aliphatic carbocycles. The van der Waals surface area contributed by atoms with Crippen molar-refractivity contribution in [2.24, 2.45) is 5.92 Å². The molecule has 2 unspecified atom stereocenters. The predicted molar refractivity (Wildman–Crippen MR) is 87.7 cm³/mol. The molecule has 0 amide bonds. The van der Waals surface area contributed by atoms with Crippen LogP contribution in [0.5, 0.6) is 5.75 Å². The lowest BCUT2D eigenvalue weighted by atomic mass is 9.87. The van der Waals surface area contributed by atoms with E-state index in [0.717, 1.165) is 29.7 Å². The van der Waals surface area contributed by atoms with E-state index in [2.05, 4.69) is 40.2 Å². The van der Waals surface area contributed by atoms with Crippen molar-refractivity contribution in [3.05, 3.63) is 64.1 Å². The van der Waals surface area contributed by atoms with Gasteiger partial charge in [0.15, 0.2) is 0 Å². The number of aliphatic hydroxyl groups is 1. The highest BCUT2D eigenvalue weighted by molar-refractivity contribution is 9.10. The second kappa shape index (κ2) is 6.63. The maximum Gasteiger partial charge on any atom is 0.122 e. The molecule has 0 aromatic heterocycles. The summed E-state index contributed by atoms with van der Waals surface area (Å²) in [5, 5.41) is 9.71. The van der Waals surface area contributed by atoms with Gasteiger partial charge in [-0.1, -0.05) is 46.3 Å². The van der Waals surface area contributed by atoms with Gasteiger partial charge in [0.2, 0.25) is 0 Å². The normalized spacial score (nSPS) is 18.1. The number of fused-ring (bicyclic) bond motifs is 1. The van der Waals surface area contributed by atoms with Crippen LogP contribution in [0, 0.1) is 5.92 Å². The summed E-state index contributed by atoms with van der Waals surface area (Å²) in [6, 6.07) is 16.5. The van der Waals surface area contributed by atoms with Crippen molar-refractivity contribution in [2.75, 3.05) is 13.2 Å². The van der Waals surface area contributed by atoms with Crippen molar-refractivity contribution in [1.82, 2.24) is 0 Å². The molecule has 0 radical (unpaired) electrons. The molecule has 1 aliphatic heterocycles. The number of halogens is 1. The van der Waals surface area contributed by atoms with Crippen LogP contribution in [0.3, 0.4) is 0 Å². The number of benzene rings is 2. The molecular formula is C18H19BrO2. The van der Waals surface area contributed by atoms with Crippen molar-refractivity contribution in [3.63, 3.8) is 0 Å². The second-order valence-electron chi connectivity index (χ2n) is 5.66. The SMILES string of the molecule is OCC(Cc1cccc(Br)c1)CC1COc2ccccc21. The topological polar surface area (TPSA) is 29.5 Å². The fourth-order valence-electron chi connectivity index (χ4n) is 3.05. The molecule has 2 aromatic rings. The maximum absolute atomic E-state index is 9.71. The Bertz CT molecular complexity index is 612. The average molecular weight is 347 g/mol. The van der Waals surface area contributed by atoms with Gasteiger partial charge in [0, 0.05) is 22.6 Å². The fraction of sp³-hybridized carbons (Fsp3) is 0.333. The summed E-state index contributed by atoms with van der Waals surface area (Å²) >= 11 is 3.50. The largest absolute Gasteiger partial charge is 0.493 e. The van der Waals surface area contributed by atoms with E-state index in [4.69, 9.17) is 4.74 Å². The van der Waals surface area contributed by atoms with E-state index in [9.17, 15) is 5.11 Å². The number of hydrogen-bond acceptors (Lipinski definition) is 2. The van der Waals surface area contributed by atoms with Crippen LogP contribution in [0.4, 0.5) is 0 Å². The maximum atomic E-state index is 9.71. The van der Waals surface area contributed by atoms with E-state index in [1.165, 1.54) is 11.1 Å². The van der Waals surface area contributed by atoms with Gasteiger partial charge in [-0.05, 0) is 42.5 Å². The minimum atomic E-state index is 0.213. The van der Waals surface area contributed by atoms with E-state index < -0.39 is 0 Å². The smallest absolute Gasteiger partial charge is 0.122 e. The Kier molecular flexibility index (Phi) is 4.61. The highest BCUT2D eigenvalue weighted by atomic mass is 79.9. The van der Waals surface area contributed by atoms with Crippen LogP contribution in [0.2, 0.25) is 0 Å². The molecule has 2 nitrogen and oxygen atoms in total. The van der Waals surface area contributed by atoms with Crippen molar-refractivity contribution in [1.29, 1.82) is 0 Å². The lowest BCUT2D eigenvalue weighted by Crippen LogP contribution is -2.15. The molecular weight excluding hydrogens is 328 g/mol. The van der Waals surface area contributed by atoms with E-state index in [1.54, 1.807) is 0 Å². The number of ether oxygens (including phenoxy) is 1. The first-order valence-corrected chi connectivity index (χ1v) is 8.12. The first-order chi connectivity index (χ1) is 10.3. The third-order valence-electron chi connectivity index (χ3n) is 4.09. The van der Waals surface area contributed by atoms with Crippen LogP contribution in [0.15, 0.2) is 53.0 Å². The summed E-state index contributed by atoms with van der Waals surface area (Å²) in [4.78, 5) is 0. The second-order valence-corrected chi connectivity index (χ2v) is 6.58. The zero-order valence-corrected chi connectivity index (χ0v) is 13.4. The molecule has 0 bridgehead atoms. The summed E-state index contributed by atoms with van der Waals surface area (Å²) in [7, 11) is 0. The first-order valence-electron chi connectivity index (χ1n) is 7.33. The Morgan fingerprint density at radius 3 is 2.86 bits per heavy atom. The van der Waals surface area contributed by atoms with Crippen LogP contribution >= 0.6 is 15.9 Å². The van der Waals surface area contributed by atoms with Crippen LogP contribution < -0.4 is 4.74 Å². The zero-order valence-electron chi connectivity index (χ0n) is 11.8.